The van der Waals surface area contributed by atoms with Crippen LogP contribution in [0.2, 0.25) is 0 Å². The van der Waals surface area contributed by atoms with Gasteiger partial charge in [0.1, 0.15) is 21.7 Å². The van der Waals surface area contributed by atoms with E-state index in [4.69, 9.17) is 4.74 Å². The molecule has 3 aromatic rings. The molecule has 0 radical (unpaired) electrons. The van der Waals surface area contributed by atoms with Gasteiger partial charge in [-0.25, -0.2) is 13.1 Å². The maximum Gasteiger partial charge on any atom is 0.305 e. The number of hydrogen-bond donors (Lipinski definition) is 2. The average Bonchev–Trinajstić information content (AvgIpc) is 3.09. The number of hydrogen-bond acceptors (Lipinski definition) is 7. The molecule has 0 spiro atoms. The Morgan fingerprint density at radius 3 is 2.62 bits per heavy atom. The molecule has 10 heteroatoms. The number of aliphatic carboxylic acids is 1. The van der Waals surface area contributed by atoms with Gasteiger partial charge in [0.25, 0.3) is 0 Å². The van der Waals surface area contributed by atoms with Crippen LogP contribution in [0, 0.1) is 0 Å². The molecule has 0 saturated carbocycles. The molecule has 2 N–H and O–H groups in total. The van der Waals surface area contributed by atoms with E-state index in [-0.39, 0.29) is 10.4 Å². The zero-order valence-electron chi connectivity index (χ0n) is 13.6. The molecule has 0 saturated heterocycles. The molecule has 1 heterocycles. The summed E-state index contributed by atoms with van der Waals surface area (Å²) in [5, 5.41) is 9.17. The third kappa shape index (κ3) is 3.82. The van der Waals surface area contributed by atoms with Crippen LogP contribution in [0.15, 0.2) is 47.4 Å². The molecule has 2 aromatic carbocycles. The van der Waals surface area contributed by atoms with Gasteiger partial charge in [-0.1, -0.05) is 18.2 Å². The van der Waals surface area contributed by atoms with Crippen molar-refractivity contribution >= 4 is 38.8 Å². The lowest BCUT2D eigenvalue weighted by molar-refractivity contribution is -0.137. The first-order chi connectivity index (χ1) is 12.4. The molecular formula is C16H15N3O5S2. The zero-order valence-corrected chi connectivity index (χ0v) is 15.3. The molecule has 1 unspecified atom stereocenters. The largest absolute Gasteiger partial charge is 0.497 e. The molecule has 1 atom stereocenters. The van der Waals surface area contributed by atoms with Gasteiger partial charge in [0.2, 0.25) is 10.0 Å². The normalized spacial score (nSPS) is 12.8. The van der Waals surface area contributed by atoms with E-state index in [9.17, 15) is 18.3 Å². The Morgan fingerprint density at radius 1 is 1.23 bits per heavy atom. The van der Waals surface area contributed by atoms with Gasteiger partial charge < -0.3 is 9.84 Å². The van der Waals surface area contributed by atoms with Crippen LogP contribution < -0.4 is 9.46 Å². The molecule has 0 fully saturated rings. The molecule has 136 valence electrons. The van der Waals surface area contributed by atoms with Gasteiger partial charge in [-0.05, 0) is 29.8 Å². The molecule has 3 rings (SSSR count). The summed E-state index contributed by atoms with van der Waals surface area (Å²) in [6.45, 7) is 0. The standard InChI is InChI=1S/C16H15N3O5S2/c1-24-11-7-5-10(6-8-11)13(9-15(20)21)19-26(22,23)14-4-2-3-12-16(14)18-25-17-12/h2-8,13,19H,9H2,1H3,(H,20,21). The SMILES string of the molecule is COc1ccc(C(CC(=O)O)NS(=O)(=O)c2cccc3nsnc23)cc1. The van der Waals surface area contributed by atoms with E-state index in [1.165, 1.54) is 13.2 Å². The first-order valence-electron chi connectivity index (χ1n) is 7.50. The number of nitrogens with one attached hydrogen (secondary N) is 1. The van der Waals surface area contributed by atoms with Gasteiger partial charge in [-0.2, -0.15) is 8.75 Å². The van der Waals surface area contributed by atoms with Crippen molar-refractivity contribution in [3.8, 4) is 5.75 Å². The molecule has 0 amide bonds. The summed E-state index contributed by atoms with van der Waals surface area (Å²) < 4.78 is 41.3. The molecular weight excluding hydrogens is 378 g/mol. The van der Waals surface area contributed by atoms with E-state index in [0.29, 0.717) is 16.8 Å². The van der Waals surface area contributed by atoms with Gasteiger partial charge in [-0.15, -0.1) is 0 Å². The maximum absolute atomic E-state index is 12.8. The van der Waals surface area contributed by atoms with Crippen LogP contribution in [0.5, 0.6) is 5.75 Å². The average molecular weight is 393 g/mol. The summed E-state index contributed by atoms with van der Waals surface area (Å²) in [5.74, 6) is -0.536. The highest BCUT2D eigenvalue weighted by atomic mass is 32.2. The van der Waals surface area contributed by atoms with Gasteiger partial charge in [0, 0.05) is 0 Å². The summed E-state index contributed by atoms with van der Waals surface area (Å²) in [5.41, 5.74) is 1.24. The molecule has 1 aromatic heterocycles. The van der Waals surface area contributed by atoms with E-state index in [1.807, 2.05) is 0 Å². The summed E-state index contributed by atoms with van der Waals surface area (Å²) in [6.07, 6.45) is -0.406. The molecule has 0 bridgehead atoms. The summed E-state index contributed by atoms with van der Waals surface area (Å²) in [7, 11) is -2.50. The van der Waals surface area contributed by atoms with Crippen molar-refractivity contribution in [1.82, 2.24) is 13.5 Å². The second-order valence-electron chi connectivity index (χ2n) is 5.43. The van der Waals surface area contributed by atoms with Crippen LogP contribution in [0.25, 0.3) is 11.0 Å². The molecule has 0 aliphatic carbocycles. The van der Waals surface area contributed by atoms with Crippen molar-refractivity contribution < 1.29 is 23.1 Å². The van der Waals surface area contributed by atoms with Crippen LogP contribution in [-0.2, 0) is 14.8 Å². The third-order valence-electron chi connectivity index (χ3n) is 3.73. The molecule has 8 nitrogen and oxygen atoms in total. The number of ether oxygens (including phenoxy) is 1. The second-order valence-corrected chi connectivity index (χ2v) is 7.64. The van der Waals surface area contributed by atoms with E-state index < -0.39 is 28.5 Å². The fraction of sp³-hybridized carbons (Fsp3) is 0.188. The zero-order chi connectivity index (χ0) is 18.7. The number of carboxylic acids is 1. The van der Waals surface area contributed by atoms with Crippen LogP contribution in [0.4, 0.5) is 0 Å². The predicted molar refractivity (Wildman–Crippen MR) is 95.7 cm³/mol. The van der Waals surface area contributed by atoms with E-state index >= 15 is 0 Å². The second kappa shape index (κ2) is 7.36. The number of aromatic nitrogens is 2. The van der Waals surface area contributed by atoms with Crippen molar-refractivity contribution in [2.24, 2.45) is 0 Å². The van der Waals surface area contributed by atoms with Gasteiger partial charge >= 0.3 is 5.97 Å². The van der Waals surface area contributed by atoms with Gasteiger partial charge in [-0.3, -0.25) is 4.79 Å². The first-order valence-corrected chi connectivity index (χ1v) is 9.71. The topological polar surface area (TPSA) is 118 Å². The fourth-order valence-electron chi connectivity index (χ4n) is 2.49. The lowest BCUT2D eigenvalue weighted by Crippen LogP contribution is -2.30. The Hall–Kier alpha value is -2.56. The van der Waals surface area contributed by atoms with Crippen LogP contribution in [0.1, 0.15) is 18.0 Å². The lowest BCUT2D eigenvalue weighted by atomic mass is 10.0. The van der Waals surface area contributed by atoms with E-state index in [2.05, 4.69) is 13.5 Å². The lowest BCUT2D eigenvalue weighted by Gasteiger charge is -2.18. The minimum Gasteiger partial charge on any atom is -0.497 e. The van der Waals surface area contributed by atoms with Crippen molar-refractivity contribution in [3.05, 3.63) is 48.0 Å². The van der Waals surface area contributed by atoms with Crippen LogP contribution >= 0.6 is 11.7 Å². The smallest absolute Gasteiger partial charge is 0.305 e. The monoisotopic (exact) mass is 393 g/mol. The number of nitrogens with zero attached hydrogens (tertiary/aromatic N) is 2. The maximum atomic E-state index is 12.8. The number of fused-ring (bicyclic) bond motifs is 1. The highest BCUT2D eigenvalue weighted by Gasteiger charge is 2.26. The van der Waals surface area contributed by atoms with Crippen molar-refractivity contribution in [2.75, 3.05) is 7.11 Å². The Balaban J connectivity index is 1.97. The third-order valence-corrected chi connectivity index (χ3v) is 5.78. The molecule has 26 heavy (non-hydrogen) atoms. The van der Waals surface area contributed by atoms with Crippen molar-refractivity contribution in [2.45, 2.75) is 17.4 Å². The number of benzene rings is 2. The number of methoxy groups -OCH3 is 1. The summed E-state index contributed by atoms with van der Waals surface area (Å²) in [4.78, 5) is 11.2. The Kier molecular flexibility index (Phi) is 5.16. The van der Waals surface area contributed by atoms with E-state index in [1.54, 1.807) is 36.4 Å². The van der Waals surface area contributed by atoms with E-state index in [0.717, 1.165) is 11.7 Å². The number of rotatable bonds is 7. The quantitative estimate of drug-likeness (QED) is 0.631. The first kappa shape index (κ1) is 18.2. The molecule has 0 aliphatic heterocycles. The highest BCUT2D eigenvalue weighted by Crippen LogP contribution is 2.26. The number of carboxylic acid groups (broad SMARTS) is 1. The Labute approximate surface area is 153 Å². The van der Waals surface area contributed by atoms with Crippen molar-refractivity contribution in [1.29, 1.82) is 0 Å². The van der Waals surface area contributed by atoms with Crippen LogP contribution in [0.3, 0.4) is 0 Å². The Bertz CT molecular complexity index is 1030. The number of carbonyl (C=O) groups is 1. The van der Waals surface area contributed by atoms with Crippen LogP contribution in [-0.4, -0.2) is 35.4 Å². The highest BCUT2D eigenvalue weighted by molar-refractivity contribution is 7.89. The summed E-state index contributed by atoms with van der Waals surface area (Å²) >= 11 is 0.913. The summed E-state index contributed by atoms with van der Waals surface area (Å²) in [6, 6.07) is 10.2. The number of sulfonamides is 1. The minimum atomic E-state index is -4.01. The predicted octanol–water partition coefficient (Wildman–Crippen LogP) is 2.19. The Morgan fingerprint density at radius 2 is 1.96 bits per heavy atom. The molecule has 0 aliphatic rings. The fourth-order valence-corrected chi connectivity index (χ4v) is 4.48. The van der Waals surface area contributed by atoms with Crippen molar-refractivity contribution in [3.63, 3.8) is 0 Å². The van der Waals surface area contributed by atoms with Gasteiger partial charge in [0.05, 0.1) is 31.3 Å². The minimum absolute atomic E-state index is 0.0346. The van der Waals surface area contributed by atoms with Gasteiger partial charge in [0.15, 0.2) is 0 Å².